The Hall–Kier alpha value is -1.65. The Morgan fingerprint density at radius 2 is 2.13 bits per heavy atom. The van der Waals surface area contributed by atoms with Gasteiger partial charge in [-0.1, -0.05) is 0 Å². The molecule has 0 unspecified atom stereocenters. The van der Waals surface area contributed by atoms with Crippen LogP contribution in [0.5, 0.6) is 0 Å². The number of aliphatic imine (C=N–C) groups is 1. The van der Waals surface area contributed by atoms with Crippen molar-refractivity contribution < 1.29 is 8.78 Å². The van der Waals surface area contributed by atoms with Gasteiger partial charge < -0.3 is 11.1 Å². The zero-order chi connectivity index (χ0) is 10.8. The summed E-state index contributed by atoms with van der Waals surface area (Å²) in [5.74, 6) is -1.12. The van der Waals surface area contributed by atoms with Gasteiger partial charge in [-0.3, -0.25) is 0 Å². The molecule has 0 saturated heterocycles. The maximum atomic E-state index is 13.2. The summed E-state index contributed by atoms with van der Waals surface area (Å²) in [6.07, 6.45) is 2.04. The summed E-state index contributed by atoms with van der Waals surface area (Å²) in [7, 11) is 0. The molecule has 1 aliphatic rings. The highest BCUT2D eigenvalue weighted by Crippen LogP contribution is 2.23. The first-order valence-electron chi connectivity index (χ1n) is 4.70. The van der Waals surface area contributed by atoms with Crippen molar-refractivity contribution in [3.63, 3.8) is 0 Å². The average molecular weight is 211 g/mol. The van der Waals surface area contributed by atoms with Crippen LogP contribution in [0.1, 0.15) is 12.8 Å². The number of guanidine groups is 1. The van der Waals surface area contributed by atoms with Crippen LogP contribution in [0.2, 0.25) is 0 Å². The first kappa shape index (κ1) is 9.89. The molecule has 0 aliphatic heterocycles. The molecule has 1 aromatic carbocycles. The van der Waals surface area contributed by atoms with Crippen LogP contribution in [-0.4, -0.2) is 12.0 Å². The fourth-order valence-corrected chi connectivity index (χ4v) is 1.16. The Balaban J connectivity index is 2.09. The van der Waals surface area contributed by atoms with Gasteiger partial charge in [-0.05, 0) is 25.0 Å². The first-order valence-corrected chi connectivity index (χ1v) is 4.70. The van der Waals surface area contributed by atoms with Crippen LogP contribution < -0.4 is 11.1 Å². The zero-order valence-corrected chi connectivity index (χ0v) is 8.00. The lowest BCUT2D eigenvalue weighted by molar-refractivity contribution is 0.586. The number of halogens is 2. The third kappa shape index (κ3) is 2.65. The van der Waals surface area contributed by atoms with Crippen LogP contribution in [0.25, 0.3) is 0 Å². The van der Waals surface area contributed by atoms with Crippen molar-refractivity contribution >= 4 is 11.6 Å². The molecule has 15 heavy (non-hydrogen) atoms. The molecule has 1 aliphatic carbocycles. The second-order valence-electron chi connectivity index (χ2n) is 3.49. The van der Waals surface area contributed by atoms with Gasteiger partial charge in [0.15, 0.2) is 5.96 Å². The van der Waals surface area contributed by atoms with Crippen molar-refractivity contribution in [1.82, 2.24) is 0 Å². The largest absolute Gasteiger partial charge is 0.370 e. The van der Waals surface area contributed by atoms with E-state index in [1.54, 1.807) is 0 Å². The van der Waals surface area contributed by atoms with Crippen molar-refractivity contribution in [1.29, 1.82) is 0 Å². The second kappa shape index (κ2) is 3.84. The Bertz CT molecular complexity index is 400. The van der Waals surface area contributed by atoms with Gasteiger partial charge in [0.1, 0.15) is 11.6 Å². The summed E-state index contributed by atoms with van der Waals surface area (Å²) in [4.78, 5) is 4.07. The van der Waals surface area contributed by atoms with Crippen LogP contribution in [0, 0.1) is 11.6 Å². The minimum Gasteiger partial charge on any atom is -0.370 e. The van der Waals surface area contributed by atoms with E-state index in [1.165, 1.54) is 6.07 Å². The monoisotopic (exact) mass is 211 g/mol. The lowest BCUT2D eigenvalue weighted by Crippen LogP contribution is -2.23. The molecule has 3 nitrogen and oxygen atoms in total. The minimum absolute atomic E-state index is 0.137. The van der Waals surface area contributed by atoms with Crippen molar-refractivity contribution in [2.75, 3.05) is 5.32 Å². The number of benzene rings is 1. The first-order chi connectivity index (χ1) is 7.15. The standard InChI is InChI=1S/C10H11F2N3/c11-6-1-4-9(8(12)5-6)15-10(13)14-7-2-3-7/h1,4-5,7H,2-3H2,(H3,13,14,15). The number of hydrogen-bond donors (Lipinski definition) is 2. The lowest BCUT2D eigenvalue weighted by Gasteiger charge is -2.06. The van der Waals surface area contributed by atoms with Crippen LogP contribution in [0.3, 0.4) is 0 Å². The molecule has 2 rings (SSSR count). The van der Waals surface area contributed by atoms with E-state index in [4.69, 9.17) is 5.73 Å². The fourth-order valence-electron chi connectivity index (χ4n) is 1.16. The maximum absolute atomic E-state index is 13.2. The SMILES string of the molecule is NC(=NC1CC1)Nc1ccc(F)cc1F. The molecular weight excluding hydrogens is 200 g/mol. The summed E-state index contributed by atoms with van der Waals surface area (Å²) in [6, 6.07) is 3.52. The van der Waals surface area contributed by atoms with Crippen molar-refractivity contribution in [3.05, 3.63) is 29.8 Å². The molecule has 1 aromatic rings. The molecule has 80 valence electrons. The normalized spacial score (nSPS) is 16.5. The summed E-state index contributed by atoms with van der Waals surface area (Å²) >= 11 is 0. The van der Waals surface area contributed by atoms with E-state index in [2.05, 4.69) is 10.3 Å². The van der Waals surface area contributed by atoms with Gasteiger partial charge in [-0.2, -0.15) is 0 Å². The van der Waals surface area contributed by atoms with Crippen molar-refractivity contribution in [2.24, 2.45) is 10.7 Å². The minimum atomic E-state index is -0.677. The predicted octanol–water partition coefficient (Wildman–Crippen LogP) is 1.85. The molecule has 1 fully saturated rings. The molecule has 0 bridgehead atoms. The highest BCUT2D eigenvalue weighted by atomic mass is 19.1. The molecule has 0 spiro atoms. The van der Waals surface area contributed by atoms with Crippen LogP contribution in [-0.2, 0) is 0 Å². The topological polar surface area (TPSA) is 50.4 Å². The number of nitrogens with zero attached hydrogens (tertiary/aromatic N) is 1. The molecule has 1 saturated carbocycles. The van der Waals surface area contributed by atoms with E-state index < -0.39 is 11.6 Å². The maximum Gasteiger partial charge on any atom is 0.193 e. The number of nitrogens with two attached hydrogens (primary N) is 1. The number of anilines is 1. The van der Waals surface area contributed by atoms with Gasteiger partial charge in [0.25, 0.3) is 0 Å². The fraction of sp³-hybridized carbons (Fsp3) is 0.300. The van der Waals surface area contributed by atoms with Crippen LogP contribution >= 0.6 is 0 Å². The molecule has 0 radical (unpaired) electrons. The molecule has 0 heterocycles. The van der Waals surface area contributed by atoms with E-state index in [9.17, 15) is 8.78 Å². The summed E-state index contributed by atoms with van der Waals surface area (Å²) in [6.45, 7) is 0. The van der Waals surface area contributed by atoms with E-state index >= 15 is 0 Å². The predicted molar refractivity (Wildman–Crippen MR) is 54.6 cm³/mol. The van der Waals surface area contributed by atoms with Crippen LogP contribution in [0.4, 0.5) is 14.5 Å². The van der Waals surface area contributed by atoms with Gasteiger partial charge in [-0.15, -0.1) is 0 Å². The molecule has 0 amide bonds. The van der Waals surface area contributed by atoms with E-state index in [0.717, 1.165) is 25.0 Å². The smallest absolute Gasteiger partial charge is 0.193 e. The molecule has 3 N–H and O–H groups in total. The number of nitrogens with one attached hydrogen (secondary N) is 1. The average Bonchev–Trinajstić information content (AvgIpc) is 2.94. The summed E-state index contributed by atoms with van der Waals surface area (Å²) < 4.78 is 25.7. The highest BCUT2D eigenvalue weighted by molar-refractivity contribution is 5.92. The number of rotatable bonds is 2. The van der Waals surface area contributed by atoms with E-state index in [1.807, 2.05) is 0 Å². The van der Waals surface area contributed by atoms with Gasteiger partial charge in [-0.25, -0.2) is 13.8 Å². The van der Waals surface area contributed by atoms with E-state index in [0.29, 0.717) is 0 Å². The Labute approximate surface area is 86.0 Å². The van der Waals surface area contributed by atoms with Crippen LogP contribution in [0.15, 0.2) is 23.2 Å². The summed E-state index contributed by atoms with van der Waals surface area (Å²) in [5, 5.41) is 2.59. The van der Waals surface area contributed by atoms with Crippen molar-refractivity contribution in [2.45, 2.75) is 18.9 Å². The number of hydrogen-bond acceptors (Lipinski definition) is 1. The highest BCUT2D eigenvalue weighted by Gasteiger charge is 2.20. The van der Waals surface area contributed by atoms with Gasteiger partial charge in [0.2, 0.25) is 0 Å². The second-order valence-corrected chi connectivity index (χ2v) is 3.49. The van der Waals surface area contributed by atoms with Gasteiger partial charge >= 0.3 is 0 Å². The Morgan fingerprint density at radius 1 is 1.40 bits per heavy atom. The summed E-state index contributed by atoms with van der Waals surface area (Å²) in [5.41, 5.74) is 5.67. The van der Waals surface area contributed by atoms with Gasteiger partial charge in [0.05, 0.1) is 11.7 Å². The Morgan fingerprint density at radius 3 is 2.73 bits per heavy atom. The quantitative estimate of drug-likeness (QED) is 0.579. The third-order valence-electron chi connectivity index (χ3n) is 2.06. The molecular formula is C10H11F2N3. The van der Waals surface area contributed by atoms with Gasteiger partial charge in [0, 0.05) is 6.07 Å². The molecule has 0 atom stereocenters. The van der Waals surface area contributed by atoms with E-state index in [-0.39, 0.29) is 17.7 Å². The molecule has 0 aromatic heterocycles. The third-order valence-corrected chi connectivity index (χ3v) is 2.06. The van der Waals surface area contributed by atoms with Crippen molar-refractivity contribution in [3.8, 4) is 0 Å². The lowest BCUT2D eigenvalue weighted by atomic mass is 10.3. The zero-order valence-electron chi connectivity index (χ0n) is 8.00. The molecule has 5 heteroatoms. The Kier molecular flexibility index (Phi) is 2.53.